The maximum atomic E-state index is 10.4. The topological polar surface area (TPSA) is 29.5 Å². The number of hydrogen-bond donors (Lipinski definition) is 1. The molecular formula is C18H20O2. The van der Waals surface area contributed by atoms with Gasteiger partial charge in [0.1, 0.15) is 11.9 Å². The van der Waals surface area contributed by atoms with Crippen molar-refractivity contribution >= 4 is 0 Å². The highest BCUT2D eigenvalue weighted by molar-refractivity contribution is 5.40. The molecule has 104 valence electrons. The molecule has 0 fully saturated rings. The van der Waals surface area contributed by atoms with Crippen LogP contribution in [0.3, 0.4) is 0 Å². The molecule has 0 aliphatic carbocycles. The monoisotopic (exact) mass is 268 g/mol. The van der Waals surface area contributed by atoms with Crippen LogP contribution in [0.25, 0.3) is 0 Å². The van der Waals surface area contributed by atoms with Crippen molar-refractivity contribution in [3.05, 3.63) is 65.2 Å². The first kappa shape index (κ1) is 13.2. The molecule has 1 aliphatic heterocycles. The van der Waals surface area contributed by atoms with Gasteiger partial charge in [-0.05, 0) is 24.6 Å². The summed E-state index contributed by atoms with van der Waals surface area (Å²) in [6.07, 6.45) is 0.226. The first-order valence-corrected chi connectivity index (χ1v) is 7.15. The highest BCUT2D eigenvalue weighted by Crippen LogP contribution is 2.39. The third kappa shape index (κ3) is 2.44. The average molecular weight is 268 g/mol. The smallest absolute Gasteiger partial charge is 0.125 e. The van der Waals surface area contributed by atoms with Crippen LogP contribution in [-0.4, -0.2) is 11.2 Å². The molecule has 1 aliphatic rings. The summed E-state index contributed by atoms with van der Waals surface area (Å²) >= 11 is 0. The summed E-state index contributed by atoms with van der Waals surface area (Å²) in [5.74, 6) is 1.09. The minimum absolute atomic E-state index is 0.0163. The Kier molecular flexibility index (Phi) is 3.49. The molecule has 0 saturated heterocycles. The quantitative estimate of drug-likeness (QED) is 0.892. The number of rotatable bonds is 2. The third-order valence-electron chi connectivity index (χ3n) is 4.14. The number of aliphatic hydroxyl groups excluding tert-OH is 1. The Balaban J connectivity index is 1.86. The Labute approximate surface area is 120 Å². The van der Waals surface area contributed by atoms with Gasteiger partial charge in [0.05, 0.1) is 6.10 Å². The predicted octanol–water partition coefficient (Wildman–Crippen LogP) is 3.98. The maximum Gasteiger partial charge on any atom is 0.125 e. The lowest BCUT2D eigenvalue weighted by atomic mass is 9.88. The zero-order chi connectivity index (χ0) is 14.1. The van der Waals surface area contributed by atoms with Crippen molar-refractivity contribution in [1.29, 1.82) is 0 Å². The summed E-state index contributed by atoms with van der Waals surface area (Å²) in [6, 6.07) is 16.4. The van der Waals surface area contributed by atoms with Gasteiger partial charge in [-0.25, -0.2) is 0 Å². The van der Waals surface area contributed by atoms with Gasteiger partial charge in [-0.2, -0.15) is 0 Å². The molecule has 20 heavy (non-hydrogen) atoms. The van der Waals surface area contributed by atoms with Crippen LogP contribution in [0.4, 0.5) is 0 Å². The average Bonchev–Trinajstić information content (AvgIpc) is 2.48. The number of aliphatic hydroxyl groups is 1. The Morgan fingerprint density at radius 1 is 1.15 bits per heavy atom. The molecule has 0 amide bonds. The lowest BCUT2D eigenvalue weighted by molar-refractivity contribution is 0.0546. The third-order valence-corrected chi connectivity index (χ3v) is 4.14. The molecule has 3 rings (SSSR count). The van der Waals surface area contributed by atoms with E-state index in [4.69, 9.17) is 4.74 Å². The van der Waals surface area contributed by atoms with Gasteiger partial charge < -0.3 is 9.84 Å². The predicted molar refractivity (Wildman–Crippen MR) is 80.0 cm³/mol. The Morgan fingerprint density at radius 3 is 2.65 bits per heavy atom. The van der Waals surface area contributed by atoms with E-state index in [1.54, 1.807) is 0 Å². The van der Waals surface area contributed by atoms with Crippen LogP contribution >= 0.6 is 0 Å². The summed E-state index contributed by atoms with van der Waals surface area (Å²) in [4.78, 5) is 0. The van der Waals surface area contributed by atoms with Crippen LogP contribution in [0, 0.1) is 6.92 Å². The van der Waals surface area contributed by atoms with Gasteiger partial charge >= 0.3 is 0 Å². The fourth-order valence-corrected chi connectivity index (χ4v) is 2.87. The van der Waals surface area contributed by atoms with E-state index in [1.165, 1.54) is 5.56 Å². The molecule has 2 unspecified atom stereocenters. The number of hydrogen-bond acceptors (Lipinski definition) is 2. The second-order valence-electron chi connectivity index (χ2n) is 5.65. The van der Waals surface area contributed by atoms with E-state index in [0.29, 0.717) is 6.42 Å². The molecule has 2 aromatic rings. The highest BCUT2D eigenvalue weighted by Gasteiger charge is 2.31. The molecule has 2 heteroatoms. The molecule has 0 spiro atoms. The van der Waals surface area contributed by atoms with Crippen molar-refractivity contribution in [3.8, 4) is 5.75 Å². The molecule has 2 nitrogen and oxygen atoms in total. The Morgan fingerprint density at radius 2 is 1.90 bits per heavy atom. The highest BCUT2D eigenvalue weighted by atomic mass is 16.5. The van der Waals surface area contributed by atoms with Crippen LogP contribution in [0.1, 0.15) is 42.1 Å². The van der Waals surface area contributed by atoms with E-state index >= 15 is 0 Å². The number of aryl methyl sites for hydroxylation is 1. The van der Waals surface area contributed by atoms with Gasteiger partial charge in [0, 0.05) is 17.9 Å². The van der Waals surface area contributed by atoms with Crippen molar-refractivity contribution in [2.24, 2.45) is 0 Å². The summed E-state index contributed by atoms with van der Waals surface area (Å²) in [5.41, 5.74) is 3.32. The van der Waals surface area contributed by atoms with Crippen molar-refractivity contribution in [3.63, 3.8) is 0 Å². The van der Waals surface area contributed by atoms with Crippen LogP contribution < -0.4 is 4.74 Å². The van der Waals surface area contributed by atoms with E-state index in [2.05, 4.69) is 19.1 Å². The van der Waals surface area contributed by atoms with Crippen LogP contribution in [0.15, 0.2) is 48.5 Å². The van der Waals surface area contributed by atoms with Crippen LogP contribution in [0.5, 0.6) is 5.75 Å². The minimum atomic E-state index is -0.435. The summed E-state index contributed by atoms with van der Waals surface area (Å²) in [7, 11) is 0. The Hall–Kier alpha value is -1.80. The SMILES string of the molecule is Cc1ccc2c(c1)[C@H](O)CC(C(C)c1ccccc1)O2. The summed E-state index contributed by atoms with van der Waals surface area (Å²) in [6.45, 7) is 4.19. The van der Waals surface area contributed by atoms with Gasteiger partial charge in [0.15, 0.2) is 0 Å². The fraction of sp³-hybridized carbons (Fsp3) is 0.333. The zero-order valence-corrected chi connectivity index (χ0v) is 11.9. The van der Waals surface area contributed by atoms with Gasteiger partial charge in [0.25, 0.3) is 0 Å². The lowest BCUT2D eigenvalue weighted by Crippen LogP contribution is -2.30. The van der Waals surface area contributed by atoms with E-state index in [9.17, 15) is 5.11 Å². The molecule has 3 atom stereocenters. The molecule has 0 radical (unpaired) electrons. The first-order valence-electron chi connectivity index (χ1n) is 7.15. The van der Waals surface area contributed by atoms with E-state index in [0.717, 1.165) is 16.9 Å². The first-order chi connectivity index (χ1) is 9.65. The number of fused-ring (bicyclic) bond motifs is 1. The van der Waals surface area contributed by atoms with Gasteiger partial charge in [0.2, 0.25) is 0 Å². The minimum Gasteiger partial charge on any atom is -0.489 e. The van der Waals surface area contributed by atoms with Crippen molar-refractivity contribution in [1.82, 2.24) is 0 Å². The van der Waals surface area contributed by atoms with Gasteiger partial charge in [-0.3, -0.25) is 0 Å². The molecule has 0 bridgehead atoms. The van der Waals surface area contributed by atoms with Crippen LogP contribution in [-0.2, 0) is 0 Å². The lowest BCUT2D eigenvalue weighted by Gasteiger charge is -2.33. The van der Waals surface area contributed by atoms with Gasteiger partial charge in [-0.1, -0.05) is 48.9 Å². The largest absolute Gasteiger partial charge is 0.489 e. The van der Waals surface area contributed by atoms with E-state index in [-0.39, 0.29) is 12.0 Å². The van der Waals surface area contributed by atoms with Crippen LogP contribution in [0.2, 0.25) is 0 Å². The second kappa shape index (κ2) is 5.29. The van der Waals surface area contributed by atoms with E-state index in [1.807, 2.05) is 43.3 Å². The number of ether oxygens (including phenoxy) is 1. The summed E-state index contributed by atoms with van der Waals surface area (Å²) < 4.78 is 6.11. The van der Waals surface area contributed by atoms with Crippen molar-refractivity contribution in [2.75, 3.05) is 0 Å². The normalized spacial score (nSPS) is 22.8. The summed E-state index contributed by atoms with van der Waals surface area (Å²) in [5, 5.41) is 10.4. The number of benzene rings is 2. The fourth-order valence-electron chi connectivity index (χ4n) is 2.87. The van der Waals surface area contributed by atoms with Crippen molar-refractivity contribution < 1.29 is 9.84 Å². The van der Waals surface area contributed by atoms with Gasteiger partial charge in [-0.15, -0.1) is 0 Å². The standard InChI is InChI=1S/C18H20O2/c1-12-8-9-17-15(10-12)16(19)11-18(20-17)13(2)14-6-4-3-5-7-14/h3-10,13,16,18-19H,11H2,1-2H3/t13?,16-,18?/m1/s1. The van der Waals surface area contributed by atoms with E-state index < -0.39 is 6.10 Å². The van der Waals surface area contributed by atoms with Crippen molar-refractivity contribution in [2.45, 2.75) is 38.4 Å². The molecule has 1 N–H and O–H groups in total. The zero-order valence-electron chi connectivity index (χ0n) is 11.9. The maximum absolute atomic E-state index is 10.4. The molecule has 0 aromatic heterocycles. The molecule has 2 aromatic carbocycles. The second-order valence-corrected chi connectivity index (χ2v) is 5.65. The molecule has 1 heterocycles. The molecule has 0 saturated carbocycles. The molecular weight excluding hydrogens is 248 g/mol. The Bertz CT molecular complexity index is 592.